The highest BCUT2D eigenvalue weighted by molar-refractivity contribution is 9.10. The number of anilines is 1. The molecule has 30 heavy (non-hydrogen) atoms. The fraction of sp³-hybridized carbons (Fsp3) is 0.333. The van der Waals surface area contributed by atoms with E-state index in [1.165, 1.54) is 10.4 Å². The highest BCUT2D eigenvalue weighted by atomic mass is 79.9. The smallest absolute Gasteiger partial charge is 0.338 e. The van der Waals surface area contributed by atoms with Gasteiger partial charge in [-0.15, -0.1) is 0 Å². The van der Waals surface area contributed by atoms with Crippen LogP contribution in [0.25, 0.3) is 0 Å². The Hall–Kier alpha value is -2.23. The van der Waals surface area contributed by atoms with E-state index >= 15 is 0 Å². The predicted molar refractivity (Wildman–Crippen MR) is 117 cm³/mol. The topological polar surface area (TPSA) is 92.8 Å². The Bertz CT molecular complexity index is 1050. The second kappa shape index (κ2) is 9.72. The first-order valence-corrected chi connectivity index (χ1v) is 11.8. The van der Waals surface area contributed by atoms with Gasteiger partial charge in [0, 0.05) is 23.2 Å². The van der Waals surface area contributed by atoms with Crippen molar-refractivity contribution in [3.63, 3.8) is 0 Å². The van der Waals surface area contributed by atoms with Gasteiger partial charge in [-0.2, -0.15) is 4.31 Å². The third kappa shape index (κ3) is 5.47. The van der Waals surface area contributed by atoms with E-state index in [1.807, 2.05) is 0 Å². The monoisotopic (exact) mass is 494 g/mol. The highest BCUT2D eigenvalue weighted by Crippen LogP contribution is 2.26. The predicted octanol–water partition coefficient (Wildman–Crippen LogP) is 3.73. The number of piperidine rings is 1. The number of amides is 1. The van der Waals surface area contributed by atoms with Crippen molar-refractivity contribution in [1.82, 2.24) is 4.31 Å². The largest absolute Gasteiger partial charge is 0.452 e. The molecule has 2 aromatic rings. The molecule has 1 aliphatic rings. The van der Waals surface area contributed by atoms with Crippen molar-refractivity contribution in [1.29, 1.82) is 0 Å². The second-order valence-electron chi connectivity index (χ2n) is 7.08. The maximum Gasteiger partial charge on any atom is 0.338 e. The number of hydrogen-bond acceptors (Lipinski definition) is 5. The van der Waals surface area contributed by atoms with Gasteiger partial charge in [-0.25, -0.2) is 13.2 Å². The van der Waals surface area contributed by atoms with Crippen LogP contribution in [0.15, 0.2) is 51.8 Å². The van der Waals surface area contributed by atoms with Gasteiger partial charge in [-0.3, -0.25) is 4.79 Å². The SMILES string of the molecule is Cc1ccc(NC(=O)COC(=O)c2cccc(Br)c2)cc1S(=O)(=O)N1CCCCC1. The number of sulfonamides is 1. The number of hydrogen-bond donors (Lipinski definition) is 1. The van der Waals surface area contributed by atoms with Crippen LogP contribution in [0.3, 0.4) is 0 Å². The lowest BCUT2D eigenvalue weighted by molar-refractivity contribution is -0.119. The van der Waals surface area contributed by atoms with Gasteiger partial charge in [-0.1, -0.05) is 34.5 Å². The number of carbonyl (C=O) groups is 2. The van der Waals surface area contributed by atoms with Crippen molar-refractivity contribution in [2.24, 2.45) is 0 Å². The fourth-order valence-corrected chi connectivity index (χ4v) is 5.39. The van der Waals surface area contributed by atoms with Crippen LogP contribution in [0, 0.1) is 6.92 Å². The minimum atomic E-state index is -3.62. The maximum atomic E-state index is 13.0. The van der Waals surface area contributed by atoms with Crippen molar-refractivity contribution >= 4 is 43.5 Å². The number of ether oxygens (including phenoxy) is 1. The first-order valence-electron chi connectivity index (χ1n) is 9.61. The Morgan fingerprint density at radius 3 is 2.53 bits per heavy atom. The highest BCUT2D eigenvalue weighted by Gasteiger charge is 2.27. The molecule has 0 spiro atoms. The zero-order valence-electron chi connectivity index (χ0n) is 16.6. The summed E-state index contributed by atoms with van der Waals surface area (Å²) in [5.74, 6) is -1.17. The van der Waals surface area contributed by atoms with E-state index in [0.717, 1.165) is 23.7 Å². The lowest BCUT2D eigenvalue weighted by Crippen LogP contribution is -2.36. The second-order valence-corrected chi connectivity index (χ2v) is 9.90. The standard InChI is InChI=1S/C21H23BrN2O5S/c1-15-8-9-18(13-19(15)30(27,28)24-10-3-2-4-11-24)23-20(25)14-29-21(26)16-6-5-7-17(22)12-16/h5-9,12-13H,2-4,10-11,14H2,1H3,(H,23,25). The summed E-state index contributed by atoms with van der Waals surface area (Å²) in [5.41, 5.74) is 1.27. The van der Waals surface area contributed by atoms with E-state index in [4.69, 9.17) is 4.74 Å². The number of halogens is 1. The molecule has 1 fully saturated rings. The lowest BCUT2D eigenvalue weighted by atomic mass is 10.2. The molecule has 1 N–H and O–H groups in total. The third-order valence-corrected chi connectivity index (χ3v) is 7.33. The summed E-state index contributed by atoms with van der Waals surface area (Å²) in [6.45, 7) is 2.25. The zero-order valence-corrected chi connectivity index (χ0v) is 19.0. The van der Waals surface area contributed by atoms with Crippen molar-refractivity contribution in [3.8, 4) is 0 Å². The van der Waals surface area contributed by atoms with E-state index in [9.17, 15) is 18.0 Å². The Morgan fingerprint density at radius 1 is 1.10 bits per heavy atom. The van der Waals surface area contributed by atoms with E-state index in [0.29, 0.717) is 29.9 Å². The number of nitrogens with one attached hydrogen (secondary N) is 1. The molecule has 2 aromatic carbocycles. The van der Waals surface area contributed by atoms with Crippen LogP contribution >= 0.6 is 15.9 Å². The van der Waals surface area contributed by atoms with Gasteiger partial charge in [-0.05, 0) is 55.7 Å². The molecule has 9 heteroatoms. The molecule has 0 unspecified atom stereocenters. The molecule has 0 atom stereocenters. The molecule has 1 saturated heterocycles. The van der Waals surface area contributed by atoms with Gasteiger partial charge >= 0.3 is 5.97 Å². The van der Waals surface area contributed by atoms with Gasteiger partial charge in [0.15, 0.2) is 6.61 Å². The first kappa shape index (κ1) is 22.5. The molecule has 0 radical (unpaired) electrons. The average Bonchev–Trinajstić information content (AvgIpc) is 2.74. The number of rotatable bonds is 6. The minimum Gasteiger partial charge on any atom is -0.452 e. The normalized spacial score (nSPS) is 14.9. The van der Waals surface area contributed by atoms with Crippen LogP contribution in [0.4, 0.5) is 5.69 Å². The van der Waals surface area contributed by atoms with Crippen LogP contribution in [-0.4, -0.2) is 44.3 Å². The Labute approximate surface area is 184 Å². The van der Waals surface area contributed by atoms with Gasteiger partial charge in [0.1, 0.15) is 0 Å². The van der Waals surface area contributed by atoms with Crippen LogP contribution in [-0.2, 0) is 19.6 Å². The third-order valence-electron chi connectivity index (χ3n) is 4.80. The summed E-state index contributed by atoms with van der Waals surface area (Å²) < 4.78 is 33.2. The molecule has 1 aliphatic heterocycles. The van der Waals surface area contributed by atoms with Crippen molar-refractivity contribution in [2.75, 3.05) is 25.0 Å². The summed E-state index contributed by atoms with van der Waals surface area (Å²) in [7, 11) is -3.62. The average molecular weight is 495 g/mol. The van der Waals surface area contributed by atoms with E-state index in [-0.39, 0.29) is 4.90 Å². The number of aryl methyl sites for hydroxylation is 1. The number of esters is 1. The summed E-state index contributed by atoms with van der Waals surface area (Å²) >= 11 is 3.27. The van der Waals surface area contributed by atoms with Gasteiger partial charge < -0.3 is 10.1 Å². The molecule has 0 aliphatic carbocycles. The Kier molecular flexibility index (Phi) is 7.27. The van der Waals surface area contributed by atoms with Crippen molar-refractivity contribution < 1.29 is 22.7 Å². The zero-order chi connectivity index (χ0) is 21.7. The number of carbonyl (C=O) groups excluding carboxylic acids is 2. The van der Waals surface area contributed by atoms with E-state index in [1.54, 1.807) is 43.3 Å². The Morgan fingerprint density at radius 2 is 1.83 bits per heavy atom. The molecule has 160 valence electrons. The van der Waals surface area contributed by atoms with Crippen molar-refractivity contribution in [3.05, 3.63) is 58.1 Å². The van der Waals surface area contributed by atoms with Gasteiger partial charge in [0.2, 0.25) is 10.0 Å². The Balaban J connectivity index is 1.66. The molecule has 1 heterocycles. The summed E-state index contributed by atoms with van der Waals surface area (Å²) in [4.78, 5) is 24.4. The number of benzene rings is 2. The van der Waals surface area contributed by atoms with Gasteiger partial charge in [0.05, 0.1) is 10.5 Å². The molecule has 3 rings (SSSR count). The summed E-state index contributed by atoms with van der Waals surface area (Å²) in [6.07, 6.45) is 2.72. The summed E-state index contributed by atoms with van der Waals surface area (Å²) in [6, 6.07) is 11.4. The first-order chi connectivity index (χ1) is 14.3. The fourth-order valence-electron chi connectivity index (χ4n) is 3.23. The lowest BCUT2D eigenvalue weighted by Gasteiger charge is -2.26. The maximum absolute atomic E-state index is 13.0. The number of nitrogens with zero attached hydrogens (tertiary/aromatic N) is 1. The van der Waals surface area contributed by atoms with E-state index in [2.05, 4.69) is 21.2 Å². The van der Waals surface area contributed by atoms with E-state index < -0.39 is 28.5 Å². The molecule has 0 bridgehead atoms. The van der Waals surface area contributed by atoms with Crippen LogP contribution in [0.5, 0.6) is 0 Å². The van der Waals surface area contributed by atoms with Crippen LogP contribution < -0.4 is 5.32 Å². The summed E-state index contributed by atoms with van der Waals surface area (Å²) in [5, 5.41) is 2.59. The minimum absolute atomic E-state index is 0.174. The van der Waals surface area contributed by atoms with Crippen molar-refractivity contribution in [2.45, 2.75) is 31.1 Å². The molecular formula is C21H23BrN2O5S. The van der Waals surface area contributed by atoms with Gasteiger partial charge in [0.25, 0.3) is 5.91 Å². The molecule has 1 amide bonds. The molecular weight excluding hydrogens is 472 g/mol. The quantitative estimate of drug-likeness (QED) is 0.617. The van der Waals surface area contributed by atoms with Crippen LogP contribution in [0.2, 0.25) is 0 Å². The molecule has 0 saturated carbocycles. The molecule has 0 aromatic heterocycles. The van der Waals surface area contributed by atoms with Crippen LogP contribution in [0.1, 0.15) is 35.2 Å². The molecule has 7 nitrogen and oxygen atoms in total.